The smallest absolute Gasteiger partial charge is 0.444 e. The van der Waals surface area contributed by atoms with Gasteiger partial charge in [0.05, 0.1) is 15.7 Å². The van der Waals surface area contributed by atoms with Crippen LogP contribution < -0.4 is 10.8 Å². The van der Waals surface area contributed by atoms with E-state index in [-0.39, 0.29) is 5.82 Å². The Labute approximate surface area is 157 Å². The van der Waals surface area contributed by atoms with E-state index in [2.05, 4.69) is 26.2 Å². The van der Waals surface area contributed by atoms with Crippen LogP contribution in [0.3, 0.4) is 0 Å². The van der Waals surface area contributed by atoms with Gasteiger partial charge in [0, 0.05) is 11.7 Å². The summed E-state index contributed by atoms with van der Waals surface area (Å²) in [6, 6.07) is 1.57. The van der Waals surface area contributed by atoms with Crippen LogP contribution in [0.1, 0.15) is 48.5 Å². The monoisotopic (exact) mass is 416 g/mol. The first-order valence-corrected chi connectivity index (χ1v) is 8.65. The number of nitrogens with one attached hydrogen (secondary N) is 1. The van der Waals surface area contributed by atoms with Crippen molar-refractivity contribution >= 4 is 40.4 Å². The highest BCUT2D eigenvalue weighted by Gasteiger charge is 2.39. The fourth-order valence-electron chi connectivity index (χ4n) is 1.57. The molecule has 7 nitrogen and oxygen atoms in total. The van der Waals surface area contributed by atoms with Gasteiger partial charge in [-0.15, -0.1) is 0 Å². The lowest BCUT2D eigenvalue weighted by atomic mass is 9.77. The number of aliphatic hydroxyl groups is 1. The first kappa shape index (κ1) is 21.9. The molecule has 0 aromatic carbocycles. The third-order valence-corrected chi connectivity index (χ3v) is 4.25. The molecule has 0 aliphatic heterocycles. The standard InChI is InChI=1S/C16H26BBrN2O5/c1-14(2,3)24-13(21)20-12-11(18)8-10(9-19-12)17(23)25-16(6,7)15(4,5)22/h8-9,22-23H,1-7H3,(H,19,20,21). The fraction of sp³-hybridized carbons (Fsp3) is 0.625. The predicted octanol–water partition coefficient (Wildman–Crippen LogP) is 2.44. The molecule has 1 heterocycles. The minimum absolute atomic E-state index is 0.256. The summed E-state index contributed by atoms with van der Waals surface area (Å²) >= 11 is 3.29. The van der Waals surface area contributed by atoms with Crippen molar-refractivity contribution in [2.45, 2.75) is 65.3 Å². The topological polar surface area (TPSA) is 101 Å². The Morgan fingerprint density at radius 1 is 1.24 bits per heavy atom. The molecule has 1 aromatic heterocycles. The van der Waals surface area contributed by atoms with E-state index >= 15 is 0 Å². The van der Waals surface area contributed by atoms with Crippen LogP contribution in [0.15, 0.2) is 16.7 Å². The second-order valence-corrected chi connectivity index (χ2v) is 8.62. The largest absolute Gasteiger partial charge is 0.493 e. The maximum absolute atomic E-state index is 11.8. The molecule has 0 spiro atoms. The number of hydrogen-bond acceptors (Lipinski definition) is 6. The number of ether oxygens (including phenoxy) is 1. The van der Waals surface area contributed by atoms with Gasteiger partial charge in [0.15, 0.2) is 0 Å². The number of aromatic nitrogens is 1. The Balaban J connectivity index is 2.86. The van der Waals surface area contributed by atoms with Gasteiger partial charge < -0.3 is 19.5 Å². The Hall–Kier alpha value is -1.16. The average molecular weight is 417 g/mol. The summed E-state index contributed by atoms with van der Waals surface area (Å²) in [5.74, 6) is 0.256. The zero-order valence-electron chi connectivity index (χ0n) is 15.7. The van der Waals surface area contributed by atoms with Crippen molar-refractivity contribution in [3.63, 3.8) is 0 Å². The molecule has 1 aromatic rings. The van der Waals surface area contributed by atoms with Crippen molar-refractivity contribution in [2.75, 3.05) is 5.32 Å². The van der Waals surface area contributed by atoms with Gasteiger partial charge in [-0.1, -0.05) is 0 Å². The molecular weight excluding hydrogens is 391 g/mol. The SMILES string of the molecule is CC(C)(C)OC(=O)Nc1ncc(B(O)OC(C)(C)C(C)(C)O)cc1Br. The molecule has 1 amide bonds. The lowest BCUT2D eigenvalue weighted by Gasteiger charge is -2.38. The van der Waals surface area contributed by atoms with Gasteiger partial charge in [-0.3, -0.25) is 5.32 Å². The molecule has 0 fully saturated rings. The van der Waals surface area contributed by atoms with Gasteiger partial charge in [0.25, 0.3) is 0 Å². The highest BCUT2D eigenvalue weighted by molar-refractivity contribution is 9.10. The van der Waals surface area contributed by atoms with Crippen LogP contribution >= 0.6 is 15.9 Å². The minimum atomic E-state index is -1.29. The summed E-state index contributed by atoms with van der Waals surface area (Å²) in [5, 5.41) is 22.9. The molecule has 0 unspecified atom stereocenters. The van der Waals surface area contributed by atoms with E-state index < -0.39 is 30.0 Å². The van der Waals surface area contributed by atoms with E-state index in [4.69, 9.17) is 9.39 Å². The van der Waals surface area contributed by atoms with E-state index in [9.17, 15) is 14.9 Å². The van der Waals surface area contributed by atoms with Gasteiger partial charge in [-0.05, 0) is 70.5 Å². The molecule has 0 saturated carbocycles. The number of halogens is 1. The Morgan fingerprint density at radius 2 is 1.80 bits per heavy atom. The van der Waals surface area contributed by atoms with Crippen LogP contribution in [0.4, 0.5) is 10.6 Å². The highest BCUT2D eigenvalue weighted by Crippen LogP contribution is 2.26. The second-order valence-electron chi connectivity index (χ2n) is 7.77. The van der Waals surface area contributed by atoms with Crippen molar-refractivity contribution in [1.29, 1.82) is 0 Å². The third kappa shape index (κ3) is 6.58. The van der Waals surface area contributed by atoms with Crippen LogP contribution in [-0.4, -0.2) is 45.1 Å². The van der Waals surface area contributed by atoms with E-state index in [1.54, 1.807) is 54.5 Å². The second kappa shape index (κ2) is 7.61. The van der Waals surface area contributed by atoms with Crippen molar-refractivity contribution < 1.29 is 24.3 Å². The number of carbonyl (C=O) groups is 1. The van der Waals surface area contributed by atoms with Crippen LogP contribution in [0, 0.1) is 0 Å². The summed E-state index contributed by atoms with van der Waals surface area (Å²) in [6.07, 6.45) is 0.746. The molecule has 0 atom stereocenters. The molecule has 140 valence electrons. The lowest BCUT2D eigenvalue weighted by molar-refractivity contribution is -0.0982. The summed E-state index contributed by atoms with van der Waals surface area (Å²) in [6.45, 7) is 11.8. The predicted molar refractivity (Wildman–Crippen MR) is 101 cm³/mol. The average Bonchev–Trinajstić information content (AvgIpc) is 2.36. The number of pyridine rings is 1. The summed E-state index contributed by atoms with van der Waals surface area (Å²) in [5.41, 5.74) is -2.40. The zero-order valence-corrected chi connectivity index (χ0v) is 17.3. The zero-order chi connectivity index (χ0) is 19.6. The molecule has 0 aliphatic rings. The summed E-state index contributed by atoms with van der Waals surface area (Å²) < 4.78 is 11.2. The number of rotatable bonds is 5. The van der Waals surface area contributed by atoms with Crippen molar-refractivity contribution in [3.05, 3.63) is 16.7 Å². The van der Waals surface area contributed by atoms with Crippen molar-refractivity contribution in [2.24, 2.45) is 0 Å². The molecule has 9 heteroatoms. The van der Waals surface area contributed by atoms with Gasteiger partial charge in [0.1, 0.15) is 11.4 Å². The summed E-state index contributed by atoms with van der Waals surface area (Å²) in [4.78, 5) is 15.9. The van der Waals surface area contributed by atoms with E-state index in [0.29, 0.717) is 9.94 Å². The van der Waals surface area contributed by atoms with Crippen LogP contribution in [0.2, 0.25) is 0 Å². The van der Waals surface area contributed by atoms with Crippen molar-refractivity contribution in [3.8, 4) is 0 Å². The third-order valence-electron chi connectivity index (χ3n) is 3.65. The molecule has 0 aliphatic carbocycles. The lowest BCUT2D eigenvalue weighted by Crippen LogP contribution is -2.53. The van der Waals surface area contributed by atoms with Gasteiger partial charge in [-0.25, -0.2) is 9.78 Å². The van der Waals surface area contributed by atoms with E-state index in [0.717, 1.165) is 0 Å². The first-order valence-electron chi connectivity index (χ1n) is 7.86. The fourth-order valence-corrected chi connectivity index (χ4v) is 2.04. The molecule has 0 bridgehead atoms. The van der Waals surface area contributed by atoms with Gasteiger partial charge >= 0.3 is 13.2 Å². The van der Waals surface area contributed by atoms with Gasteiger partial charge in [0.2, 0.25) is 0 Å². The highest BCUT2D eigenvalue weighted by atomic mass is 79.9. The number of nitrogens with zero attached hydrogens (tertiary/aromatic N) is 1. The van der Waals surface area contributed by atoms with Crippen LogP contribution in [-0.2, 0) is 9.39 Å². The summed E-state index contributed by atoms with van der Waals surface area (Å²) in [7, 11) is -1.29. The number of amides is 1. The van der Waals surface area contributed by atoms with E-state index in [1.165, 1.54) is 6.20 Å². The van der Waals surface area contributed by atoms with E-state index in [1.807, 2.05) is 0 Å². The normalized spacial score (nSPS) is 12.7. The molecular formula is C16H26BBrN2O5. The molecule has 1 rings (SSSR count). The maximum atomic E-state index is 11.8. The van der Waals surface area contributed by atoms with Gasteiger partial charge in [-0.2, -0.15) is 0 Å². The maximum Gasteiger partial charge on any atom is 0.493 e. The molecule has 3 N–H and O–H groups in total. The Morgan fingerprint density at radius 3 is 2.24 bits per heavy atom. The Bertz CT molecular complexity index is 626. The first-order chi connectivity index (χ1) is 11.1. The molecule has 25 heavy (non-hydrogen) atoms. The minimum Gasteiger partial charge on any atom is -0.444 e. The Kier molecular flexibility index (Phi) is 6.66. The number of hydrogen-bond donors (Lipinski definition) is 3. The van der Waals surface area contributed by atoms with Crippen LogP contribution in [0.25, 0.3) is 0 Å². The molecule has 0 saturated heterocycles. The number of carbonyl (C=O) groups excluding carboxylic acids is 1. The van der Waals surface area contributed by atoms with Crippen LogP contribution in [0.5, 0.6) is 0 Å². The molecule has 0 radical (unpaired) electrons. The van der Waals surface area contributed by atoms with Crippen molar-refractivity contribution in [1.82, 2.24) is 4.98 Å². The quantitative estimate of drug-likeness (QED) is 0.637. The number of anilines is 1.